The number of carbonyl (C=O) groups is 1. The van der Waals surface area contributed by atoms with Crippen LogP contribution in [0.4, 0.5) is 0 Å². The second-order valence-electron chi connectivity index (χ2n) is 6.32. The quantitative estimate of drug-likeness (QED) is 0.670. The third-order valence-corrected chi connectivity index (χ3v) is 4.39. The maximum absolute atomic E-state index is 12.1. The highest BCUT2D eigenvalue weighted by Gasteiger charge is 2.20. The molecule has 21 heavy (non-hydrogen) atoms. The summed E-state index contributed by atoms with van der Waals surface area (Å²) in [4.78, 5) is 14.4. The number of carbonyl (C=O) groups excluding carboxylic acids is 1. The molecular formula is C16H31N3O2. The van der Waals surface area contributed by atoms with Crippen molar-refractivity contribution in [3.8, 4) is 0 Å². The Morgan fingerprint density at radius 3 is 2.95 bits per heavy atom. The van der Waals surface area contributed by atoms with E-state index < -0.39 is 0 Å². The summed E-state index contributed by atoms with van der Waals surface area (Å²) in [5.74, 6) is 0.139. The van der Waals surface area contributed by atoms with Crippen LogP contribution in [0.2, 0.25) is 0 Å². The van der Waals surface area contributed by atoms with Gasteiger partial charge in [-0.25, -0.2) is 0 Å². The Labute approximate surface area is 128 Å². The average molecular weight is 297 g/mol. The Morgan fingerprint density at radius 1 is 1.38 bits per heavy atom. The van der Waals surface area contributed by atoms with E-state index in [4.69, 9.17) is 4.74 Å². The Hall–Kier alpha value is -0.650. The second-order valence-corrected chi connectivity index (χ2v) is 6.32. The van der Waals surface area contributed by atoms with Gasteiger partial charge in [0.15, 0.2) is 0 Å². The van der Waals surface area contributed by atoms with Crippen LogP contribution in [0.15, 0.2) is 0 Å². The molecule has 0 aromatic heterocycles. The minimum atomic E-state index is 0.139. The summed E-state index contributed by atoms with van der Waals surface area (Å²) in [7, 11) is 0. The van der Waals surface area contributed by atoms with Crippen molar-refractivity contribution in [2.45, 2.75) is 57.6 Å². The maximum Gasteiger partial charge on any atom is 0.234 e. The maximum atomic E-state index is 12.1. The average Bonchev–Trinajstić information content (AvgIpc) is 3.15. The van der Waals surface area contributed by atoms with Crippen molar-refractivity contribution in [2.24, 2.45) is 0 Å². The number of ether oxygens (including phenoxy) is 1. The van der Waals surface area contributed by atoms with Gasteiger partial charge in [-0.05, 0) is 45.2 Å². The lowest BCUT2D eigenvalue weighted by Gasteiger charge is -2.25. The van der Waals surface area contributed by atoms with Crippen molar-refractivity contribution in [3.63, 3.8) is 0 Å². The smallest absolute Gasteiger partial charge is 0.234 e. The van der Waals surface area contributed by atoms with E-state index in [-0.39, 0.29) is 12.0 Å². The van der Waals surface area contributed by atoms with E-state index in [1.54, 1.807) is 0 Å². The van der Waals surface area contributed by atoms with E-state index in [0.717, 1.165) is 45.5 Å². The highest BCUT2D eigenvalue weighted by atomic mass is 16.5. The molecule has 0 aliphatic carbocycles. The summed E-state index contributed by atoms with van der Waals surface area (Å²) in [6, 6.07) is 0.563. The van der Waals surface area contributed by atoms with Gasteiger partial charge >= 0.3 is 0 Å². The third kappa shape index (κ3) is 6.32. The molecule has 5 heteroatoms. The Balaban J connectivity index is 1.68. The van der Waals surface area contributed by atoms with Crippen molar-refractivity contribution in [1.82, 2.24) is 15.5 Å². The van der Waals surface area contributed by atoms with Crippen molar-refractivity contribution in [1.29, 1.82) is 0 Å². The van der Waals surface area contributed by atoms with E-state index in [1.165, 1.54) is 19.3 Å². The molecular weight excluding hydrogens is 266 g/mol. The number of amides is 1. The number of hydrogen-bond donors (Lipinski definition) is 2. The van der Waals surface area contributed by atoms with Crippen LogP contribution in [0.3, 0.4) is 0 Å². The van der Waals surface area contributed by atoms with Crippen LogP contribution in [0.1, 0.15) is 45.4 Å². The highest BCUT2D eigenvalue weighted by Crippen LogP contribution is 2.11. The second kappa shape index (κ2) is 9.38. The minimum Gasteiger partial charge on any atom is -0.376 e. The van der Waals surface area contributed by atoms with Gasteiger partial charge in [0.25, 0.3) is 0 Å². The molecule has 0 bridgehead atoms. The molecule has 2 aliphatic heterocycles. The van der Waals surface area contributed by atoms with E-state index in [0.29, 0.717) is 19.1 Å². The first-order valence-electron chi connectivity index (χ1n) is 8.62. The zero-order valence-electron chi connectivity index (χ0n) is 13.4. The van der Waals surface area contributed by atoms with Crippen LogP contribution in [-0.2, 0) is 9.53 Å². The molecule has 0 saturated carbocycles. The highest BCUT2D eigenvalue weighted by molar-refractivity contribution is 5.78. The molecule has 2 saturated heterocycles. The fourth-order valence-corrected chi connectivity index (χ4v) is 3.13. The topological polar surface area (TPSA) is 53.6 Å². The molecule has 2 rings (SSSR count). The molecule has 0 radical (unpaired) electrons. The molecule has 2 unspecified atom stereocenters. The van der Waals surface area contributed by atoms with Crippen molar-refractivity contribution >= 4 is 5.91 Å². The monoisotopic (exact) mass is 297 g/mol. The Bertz CT molecular complexity index is 300. The van der Waals surface area contributed by atoms with Crippen molar-refractivity contribution in [2.75, 3.05) is 39.3 Å². The van der Waals surface area contributed by atoms with E-state index in [9.17, 15) is 4.79 Å². The van der Waals surface area contributed by atoms with Gasteiger partial charge in [0.2, 0.25) is 5.91 Å². The predicted octanol–water partition coefficient (Wildman–Crippen LogP) is 1.14. The van der Waals surface area contributed by atoms with E-state index >= 15 is 0 Å². The first-order valence-corrected chi connectivity index (χ1v) is 8.62. The van der Waals surface area contributed by atoms with E-state index in [1.807, 2.05) is 0 Å². The summed E-state index contributed by atoms with van der Waals surface area (Å²) < 4.78 is 5.54. The first-order chi connectivity index (χ1) is 10.3. The normalized spacial score (nSPS) is 25.6. The SMILES string of the molecule is CCCCN(CC(=O)NCC1CCCO1)CC1CCCN1. The number of rotatable bonds is 9. The number of unbranched alkanes of at least 4 members (excludes halogenated alkanes) is 1. The standard InChI is InChI=1S/C16H31N3O2/c1-2-3-9-19(12-14-6-4-8-17-14)13-16(20)18-11-15-7-5-10-21-15/h14-15,17H,2-13H2,1H3,(H,18,20). The number of nitrogens with zero attached hydrogens (tertiary/aromatic N) is 1. The molecule has 5 nitrogen and oxygen atoms in total. The van der Waals surface area contributed by atoms with Crippen LogP contribution >= 0.6 is 0 Å². The molecule has 0 aromatic rings. The molecule has 1 amide bonds. The van der Waals surface area contributed by atoms with Gasteiger partial charge in [0, 0.05) is 25.7 Å². The Morgan fingerprint density at radius 2 is 2.29 bits per heavy atom. The summed E-state index contributed by atoms with van der Waals surface area (Å²) in [5, 5.41) is 6.55. The molecule has 0 aromatic carbocycles. The van der Waals surface area contributed by atoms with Crippen molar-refractivity contribution < 1.29 is 9.53 Å². The molecule has 2 N–H and O–H groups in total. The molecule has 2 heterocycles. The first kappa shape index (κ1) is 16.7. The zero-order valence-corrected chi connectivity index (χ0v) is 13.4. The largest absolute Gasteiger partial charge is 0.376 e. The molecule has 2 fully saturated rings. The number of nitrogens with one attached hydrogen (secondary N) is 2. The zero-order chi connectivity index (χ0) is 14.9. The van der Waals surface area contributed by atoms with Gasteiger partial charge in [-0.3, -0.25) is 9.69 Å². The molecule has 0 spiro atoms. The minimum absolute atomic E-state index is 0.139. The van der Waals surface area contributed by atoms with Crippen LogP contribution in [0.5, 0.6) is 0 Å². The fourth-order valence-electron chi connectivity index (χ4n) is 3.13. The third-order valence-electron chi connectivity index (χ3n) is 4.39. The van der Waals surface area contributed by atoms with Gasteiger partial charge in [-0.2, -0.15) is 0 Å². The number of hydrogen-bond acceptors (Lipinski definition) is 4. The van der Waals surface area contributed by atoms with Gasteiger partial charge in [0.05, 0.1) is 12.6 Å². The van der Waals surface area contributed by atoms with Gasteiger partial charge < -0.3 is 15.4 Å². The molecule has 122 valence electrons. The molecule has 2 atom stereocenters. The lowest BCUT2D eigenvalue weighted by atomic mass is 10.2. The molecule has 2 aliphatic rings. The van der Waals surface area contributed by atoms with Gasteiger partial charge in [0.1, 0.15) is 0 Å². The summed E-state index contributed by atoms with van der Waals surface area (Å²) in [6.07, 6.45) is 7.26. The van der Waals surface area contributed by atoms with Crippen LogP contribution < -0.4 is 10.6 Å². The van der Waals surface area contributed by atoms with E-state index in [2.05, 4.69) is 22.5 Å². The van der Waals surface area contributed by atoms with Crippen molar-refractivity contribution in [3.05, 3.63) is 0 Å². The van der Waals surface area contributed by atoms with Crippen LogP contribution in [0.25, 0.3) is 0 Å². The van der Waals surface area contributed by atoms with Gasteiger partial charge in [-0.15, -0.1) is 0 Å². The van der Waals surface area contributed by atoms with Crippen LogP contribution in [0, 0.1) is 0 Å². The predicted molar refractivity (Wildman–Crippen MR) is 84.4 cm³/mol. The summed E-state index contributed by atoms with van der Waals surface area (Å²) >= 11 is 0. The lowest BCUT2D eigenvalue weighted by molar-refractivity contribution is -0.122. The summed E-state index contributed by atoms with van der Waals surface area (Å²) in [6.45, 7) is 7.36. The lowest BCUT2D eigenvalue weighted by Crippen LogP contribution is -2.44. The fraction of sp³-hybridized carbons (Fsp3) is 0.938. The van der Waals surface area contributed by atoms with Gasteiger partial charge in [-0.1, -0.05) is 13.3 Å². The Kier molecular flexibility index (Phi) is 7.47. The van der Waals surface area contributed by atoms with Crippen LogP contribution in [-0.4, -0.2) is 62.3 Å². The summed E-state index contributed by atoms with van der Waals surface area (Å²) in [5.41, 5.74) is 0.